The summed E-state index contributed by atoms with van der Waals surface area (Å²) in [6.45, 7) is 7.50. The lowest BCUT2D eigenvalue weighted by molar-refractivity contribution is -0.143. The summed E-state index contributed by atoms with van der Waals surface area (Å²) in [7, 11) is 3.12. The summed E-state index contributed by atoms with van der Waals surface area (Å²) in [6, 6.07) is 4.69. The van der Waals surface area contributed by atoms with Gasteiger partial charge < -0.3 is 35.8 Å². The quantitative estimate of drug-likeness (QED) is 0.189. The second-order valence-corrected chi connectivity index (χ2v) is 14.4. The van der Waals surface area contributed by atoms with Crippen molar-refractivity contribution in [3.8, 4) is 0 Å². The van der Waals surface area contributed by atoms with Crippen LogP contribution in [0.2, 0.25) is 0 Å². The van der Waals surface area contributed by atoms with E-state index in [1.165, 1.54) is 9.80 Å². The summed E-state index contributed by atoms with van der Waals surface area (Å²) in [6.07, 6.45) is 4.74. The highest BCUT2D eigenvalue weighted by Gasteiger charge is 2.44. The van der Waals surface area contributed by atoms with Crippen LogP contribution in [0.1, 0.15) is 90.7 Å². The third-order valence-corrected chi connectivity index (χ3v) is 9.27. The van der Waals surface area contributed by atoms with Crippen molar-refractivity contribution < 1.29 is 38.3 Å². The van der Waals surface area contributed by atoms with Crippen molar-refractivity contribution in [2.75, 3.05) is 33.8 Å². The lowest BCUT2D eigenvalue weighted by Gasteiger charge is -2.34. The lowest BCUT2D eigenvalue weighted by atomic mass is 9.83. The first-order valence-corrected chi connectivity index (χ1v) is 18.1. The second-order valence-electron chi connectivity index (χ2n) is 14.4. The molecule has 5 atom stereocenters. The number of nitrogens with one attached hydrogen (secondary N) is 4. The number of likely N-dealkylation sites (tertiary alicyclic amines) is 1. The van der Waals surface area contributed by atoms with Gasteiger partial charge in [0.15, 0.2) is 0 Å². The Balaban J connectivity index is 1.67. The van der Waals surface area contributed by atoms with Crippen LogP contribution in [-0.4, -0.2) is 103 Å². The Morgan fingerprint density at radius 2 is 1.61 bits per heavy atom. The number of rotatable bonds is 16. The number of ketones is 1. The fourth-order valence-electron chi connectivity index (χ4n) is 6.61. The van der Waals surface area contributed by atoms with E-state index in [1.54, 1.807) is 51.4 Å². The van der Waals surface area contributed by atoms with Gasteiger partial charge in [-0.3, -0.25) is 28.8 Å². The van der Waals surface area contributed by atoms with Crippen molar-refractivity contribution in [2.45, 2.75) is 103 Å². The van der Waals surface area contributed by atoms with Crippen LogP contribution >= 0.6 is 0 Å². The van der Waals surface area contributed by atoms with Gasteiger partial charge in [0.05, 0.1) is 19.2 Å². The second kappa shape index (κ2) is 19.8. The molecule has 1 unspecified atom stereocenters. The van der Waals surface area contributed by atoms with Gasteiger partial charge in [-0.05, 0) is 49.0 Å². The van der Waals surface area contributed by atoms with E-state index in [2.05, 4.69) is 21.3 Å². The molecule has 2 aliphatic rings. The number of carbonyl (C=O) groups is 7. The Morgan fingerprint density at radius 1 is 0.941 bits per heavy atom. The van der Waals surface area contributed by atoms with Crippen molar-refractivity contribution in [1.82, 2.24) is 31.1 Å². The molecular formula is C37H56N6O8. The number of nitrogens with zero attached hydrogens (tertiary/aromatic N) is 2. The summed E-state index contributed by atoms with van der Waals surface area (Å²) in [4.78, 5) is 95.3. The Hall–Kier alpha value is -4.49. The molecule has 6 amide bonds. The topological polar surface area (TPSA) is 183 Å². The SMILES string of the molecule is CCCC(NC(=O)[C@@H]1C[C@H](C)CN1C(=O)[C@@H](NC(=O)OCC(C)C)C1CCCCC1)C(=O)C(=O)NCC(=O)N[C@H](C(=O)N(C)C)c1ccccc1. The van der Waals surface area contributed by atoms with E-state index >= 15 is 0 Å². The smallest absolute Gasteiger partial charge is 0.407 e. The molecule has 1 saturated heterocycles. The molecule has 1 aliphatic heterocycles. The number of likely N-dealkylation sites (N-methyl/N-ethyl adjacent to an activating group) is 1. The molecule has 2 fully saturated rings. The molecular weight excluding hydrogens is 656 g/mol. The van der Waals surface area contributed by atoms with Gasteiger partial charge >= 0.3 is 6.09 Å². The molecule has 282 valence electrons. The zero-order valence-corrected chi connectivity index (χ0v) is 30.9. The molecule has 0 bridgehead atoms. The van der Waals surface area contributed by atoms with Gasteiger partial charge in [0.1, 0.15) is 18.1 Å². The Labute approximate surface area is 301 Å². The largest absolute Gasteiger partial charge is 0.449 e. The maximum atomic E-state index is 14.1. The average Bonchev–Trinajstić information content (AvgIpc) is 3.52. The first-order valence-electron chi connectivity index (χ1n) is 18.1. The molecule has 0 radical (unpaired) electrons. The summed E-state index contributed by atoms with van der Waals surface area (Å²) in [5.74, 6) is -3.98. The number of ether oxygens (including phenoxy) is 1. The first-order chi connectivity index (χ1) is 24.2. The minimum Gasteiger partial charge on any atom is -0.449 e. The number of alkyl carbamates (subject to hydrolysis) is 1. The van der Waals surface area contributed by atoms with Crippen LogP contribution in [0.4, 0.5) is 4.79 Å². The van der Waals surface area contributed by atoms with Crippen LogP contribution in [0.3, 0.4) is 0 Å². The molecule has 1 heterocycles. The highest BCUT2D eigenvalue weighted by molar-refractivity contribution is 6.38. The van der Waals surface area contributed by atoms with E-state index in [0.29, 0.717) is 24.9 Å². The van der Waals surface area contributed by atoms with Crippen molar-refractivity contribution in [1.29, 1.82) is 0 Å². The number of Topliss-reactive ketones (excluding diaryl/α,β-unsaturated/α-hetero) is 1. The standard InChI is InChI=1S/C37H56N6O8/c1-7-14-27(32(45)34(47)38-20-29(44)40-30(35(48)42(5)6)25-15-10-8-11-16-25)39-33(46)28-19-24(4)21-43(28)36(49)31(26-17-12-9-13-18-26)41-37(50)51-22-23(2)3/h8,10-11,15-16,23-24,26-28,30-31H,7,9,12-14,17-22H2,1-6H3,(H,38,47)(H,39,46)(H,40,44)(H,41,50)/t24-,27?,28-,30-,31-/m0/s1. The molecule has 1 aromatic carbocycles. The number of hydrogen-bond acceptors (Lipinski definition) is 8. The molecule has 4 N–H and O–H groups in total. The molecule has 1 saturated carbocycles. The highest BCUT2D eigenvalue weighted by atomic mass is 16.5. The van der Waals surface area contributed by atoms with E-state index in [-0.39, 0.29) is 42.6 Å². The summed E-state index contributed by atoms with van der Waals surface area (Å²) < 4.78 is 5.34. The zero-order valence-electron chi connectivity index (χ0n) is 30.9. The van der Waals surface area contributed by atoms with Gasteiger partial charge in [-0.15, -0.1) is 0 Å². The highest BCUT2D eigenvalue weighted by Crippen LogP contribution is 2.31. The monoisotopic (exact) mass is 712 g/mol. The molecule has 1 aromatic rings. The predicted octanol–water partition coefficient (Wildman–Crippen LogP) is 2.47. The van der Waals surface area contributed by atoms with Gasteiger partial charge in [0, 0.05) is 20.6 Å². The van der Waals surface area contributed by atoms with Crippen LogP contribution in [0.5, 0.6) is 0 Å². The Morgan fingerprint density at radius 3 is 2.22 bits per heavy atom. The van der Waals surface area contributed by atoms with Crippen LogP contribution < -0.4 is 21.3 Å². The fraction of sp³-hybridized carbons (Fsp3) is 0.649. The molecule has 0 aromatic heterocycles. The van der Waals surface area contributed by atoms with Crippen molar-refractivity contribution in [2.24, 2.45) is 17.8 Å². The molecule has 0 spiro atoms. The third-order valence-electron chi connectivity index (χ3n) is 9.27. The summed E-state index contributed by atoms with van der Waals surface area (Å²) in [5, 5.41) is 10.4. The average molecular weight is 713 g/mol. The predicted molar refractivity (Wildman–Crippen MR) is 190 cm³/mol. The lowest BCUT2D eigenvalue weighted by Crippen LogP contribution is -2.58. The van der Waals surface area contributed by atoms with Crippen molar-refractivity contribution in [3.63, 3.8) is 0 Å². The molecule has 14 heteroatoms. The van der Waals surface area contributed by atoms with Gasteiger partial charge in [-0.2, -0.15) is 0 Å². The molecule has 1 aliphatic carbocycles. The Kier molecular flexibility index (Phi) is 15.9. The van der Waals surface area contributed by atoms with Crippen LogP contribution in [0, 0.1) is 17.8 Å². The van der Waals surface area contributed by atoms with Gasteiger partial charge in [-0.1, -0.05) is 83.7 Å². The van der Waals surface area contributed by atoms with Crippen LogP contribution in [-0.2, 0) is 33.5 Å². The number of carbonyl (C=O) groups excluding carboxylic acids is 7. The fourth-order valence-corrected chi connectivity index (χ4v) is 6.61. The summed E-state index contributed by atoms with van der Waals surface area (Å²) in [5.41, 5.74) is 0.554. The van der Waals surface area contributed by atoms with E-state index in [4.69, 9.17) is 4.74 Å². The maximum Gasteiger partial charge on any atom is 0.407 e. The zero-order chi connectivity index (χ0) is 37.7. The van der Waals surface area contributed by atoms with E-state index in [9.17, 15) is 33.6 Å². The van der Waals surface area contributed by atoms with E-state index < -0.39 is 60.3 Å². The van der Waals surface area contributed by atoms with Gasteiger partial charge in [-0.25, -0.2) is 4.79 Å². The molecule has 3 rings (SSSR count). The number of benzene rings is 1. The van der Waals surface area contributed by atoms with E-state index in [0.717, 1.165) is 32.1 Å². The Bertz CT molecular complexity index is 1380. The van der Waals surface area contributed by atoms with Gasteiger partial charge in [0.25, 0.3) is 5.91 Å². The van der Waals surface area contributed by atoms with Crippen molar-refractivity contribution >= 4 is 41.4 Å². The summed E-state index contributed by atoms with van der Waals surface area (Å²) >= 11 is 0. The maximum absolute atomic E-state index is 14.1. The van der Waals surface area contributed by atoms with Crippen molar-refractivity contribution in [3.05, 3.63) is 35.9 Å². The molecule has 14 nitrogen and oxygen atoms in total. The van der Waals surface area contributed by atoms with Crippen LogP contribution in [0.15, 0.2) is 30.3 Å². The van der Waals surface area contributed by atoms with Crippen LogP contribution in [0.25, 0.3) is 0 Å². The number of hydrogen-bond donors (Lipinski definition) is 4. The number of amides is 6. The minimum absolute atomic E-state index is 0.0224. The van der Waals surface area contributed by atoms with Gasteiger partial charge in [0.2, 0.25) is 29.4 Å². The normalized spacial score (nSPS) is 19.3. The molecule has 51 heavy (non-hydrogen) atoms. The first kappa shape index (κ1) is 40.9. The van der Waals surface area contributed by atoms with E-state index in [1.807, 2.05) is 20.8 Å². The third kappa shape index (κ3) is 12.1. The minimum atomic E-state index is -1.19.